The monoisotopic (exact) mass is 475 g/mol. The molecule has 35 heavy (non-hydrogen) atoms. The van der Waals surface area contributed by atoms with E-state index in [0.717, 1.165) is 44.1 Å². The van der Waals surface area contributed by atoms with Crippen molar-refractivity contribution in [1.82, 2.24) is 24.8 Å². The number of imide groups is 1. The fraction of sp³-hybridized carbons (Fsp3) is 0.423. The first-order chi connectivity index (χ1) is 17.0. The summed E-state index contributed by atoms with van der Waals surface area (Å²) < 4.78 is 6.85. The third-order valence-corrected chi connectivity index (χ3v) is 6.76. The predicted molar refractivity (Wildman–Crippen MR) is 130 cm³/mol. The van der Waals surface area contributed by atoms with E-state index >= 15 is 0 Å². The topological polar surface area (TPSA) is 106 Å². The van der Waals surface area contributed by atoms with Gasteiger partial charge in [-0.2, -0.15) is 0 Å². The first kappa shape index (κ1) is 23.3. The molecule has 3 aromatic rings. The molecule has 2 fully saturated rings. The van der Waals surface area contributed by atoms with E-state index < -0.39 is 11.9 Å². The SMILES string of the molecule is Cc1nc2cccc(CCc3ccc(CN4CCOCC4)cn3)c2c(=O)n1C1CCC(=O)NC1=O. The number of hydrogen-bond donors (Lipinski definition) is 1. The van der Waals surface area contributed by atoms with Crippen LogP contribution in [0.15, 0.2) is 41.3 Å². The van der Waals surface area contributed by atoms with E-state index in [-0.39, 0.29) is 17.9 Å². The lowest BCUT2D eigenvalue weighted by atomic mass is 10.0. The fourth-order valence-corrected chi connectivity index (χ4v) is 4.90. The summed E-state index contributed by atoms with van der Waals surface area (Å²) in [6.45, 7) is 6.01. The van der Waals surface area contributed by atoms with E-state index in [0.29, 0.717) is 36.0 Å². The van der Waals surface area contributed by atoms with Crippen molar-refractivity contribution in [1.29, 1.82) is 0 Å². The number of hydrogen-bond acceptors (Lipinski definition) is 7. The van der Waals surface area contributed by atoms with Gasteiger partial charge in [0, 0.05) is 37.9 Å². The number of morpholine rings is 1. The largest absolute Gasteiger partial charge is 0.379 e. The summed E-state index contributed by atoms with van der Waals surface area (Å²) in [6.07, 6.45) is 3.73. The predicted octanol–water partition coefficient (Wildman–Crippen LogP) is 1.70. The number of benzene rings is 1. The Labute approximate surface area is 203 Å². The summed E-state index contributed by atoms with van der Waals surface area (Å²) >= 11 is 0. The normalized spacial score (nSPS) is 19.2. The molecule has 182 valence electrons. The zero-order valence-electron chi connectivity index (χ0n) is 19.8. The highest BCUT2D eigenvalue weighted by Gasteiger charge is 2.30. The summed E-state index contributed by atoms with van der Waals surface area (Å²) in [5.41, 5.74) is 3.37. The first-order valence-electron chi connectivity index (χ1n) is 12.1. The van der Waals surface area contributed by atoms with Gasteiger partial charge in [0.2, 0.25) is 11.8 Å². The molecule has 2 aliphatic heterocycles. The van der Waals surface area contributed by atoms with E-state index in [2.05, 4.69) is 26.3 Å². The Morgan fingerprint density at radius 2 is 1.91 bits per heavy atom. The van der Waals surface area contributed by atoms with Crippen LogP contribution < -0.4 is 10.9 Å². The molecule has 5 rings (SSSR count). The molecule has 9 heteroatoms. The van der Waals surface area contributed by atoms with E-state index in [9.17, 15) is 14.4 Å². The Balaban J connectivity index is 1.36. The van der Waals surface area contributed by atoms with Gasteiger partial charge in [-0.15, -0.1) is 0 Å². The summed E-state index contributed by atoms with van der Waals surface area (Å²) in [5, 5.41) is 2.86. The Morgan fingerprint density at radius 1 is 1.09 bits per heavy atom. The molecule has 1 unspecified atom stereocenters. The minimum absolute atomic E-state index is 0.204. The minimum atomic E-state index is -0.731. The number of ether oxygens (including phenoxy) is 1. The van der Waals surface area contributed by atoms with Gasteiger partial charge in [-0.25, -0.2) is 4.98 Å². The van der Waals surface area contributed by atoms with Crippen molar-refractivity contribution in [3.63, 3.8) is 0 Å². The van der Waals surface area contributed by atoms with E-state index in [4.69, 9.17) is 4.74 Å². The Bertz CT molecular complexity index is 1310. The lowest BCUT2D eigenvalue weighted by molar-refractivity contribution is -0.135. The van der Waals surface area contributed by atoms with Crippen LogP contribution in [0.25, 0.3) is 10.9 Å². The number of carbonyl (C=O) groups is 2. The number of nitrogens with zero attached hydrogens (tertiary/aromatic N) is 4. The van der Waals surface area contributed by atoms with Gasteiger partial charge in [0.25, 0.3) is 5.56 Å². The number of amides is 2. The number of nitrogens with one attached hydrogen (secondary N) is 1. The van der Waals surface area contributed by atoms with Crippen LogP contribution in [0.3, 0.4) is 0 Å². The molecule has 0 saturated carbocycles. The molecule has 1 N–H and O–H groups in total. The van der Waals surface area contributed by atoms with Gasteiger partial charge < -0.3 is 4.74 Å². The fourth-order valence-electron chi connectivity index (χ4n) is 4.90. The molecule has 4 heterocycles. The standard InChI is InChI=1S/C26H29N5O4/c1-17-28-21-4-2-3-19(24(21)26(34)31(17)22-9-10-23(32)29-25(22)33)6-8-20-7-5-18(15-27-20)16-30-11-13-35-14-12-30/h2-5,7,15,22H,6,8-14,16H2,1H3,(H,29,32,33). The quantitative estimate of drug-likeness (QED) is 0.541. The maximum absolute atomic E-state index is 13.6. The van der Waals surface area contributed by atoms with Crippen molar-refractivity contribution in [3.8, 4) is 0 Å². The molecular formula is C26H29N5O4. The van der Waals surface area contributed by atoms with Crippen LogP contribution in [0.4, 0.5) is 0 Å². The average molecular weight is 476 g/mol. The molecule has 0 spiro atoms. The van der Waals surface area contributed by atoms with Crippen LogP contribution in [0.5, 0.6) is 0 Å². The number of rotatable bonds is 6. The van der Waals surface area contributed by atoms with Crippen molar-refractivity contribution in [2.45, 2.75) is 45.2 Å². The van der Waals surface area contributed by atoms with Crippen molar-refractivity contribution in [2.75, 3.05) is 26.3 Å². The maximum atomic E-state index is 13.6. The highest BCUT2D eigenvalue weighted by Crippen LogP contribution is 2.22. The van der Waals surface area contributed by atoms with Crippen LogP contribution in [0.2, 0.25) is 0 Å². The maximum Gasteiger partial charge on any atom is 0.262 e. The smallest absolute Gasteiger partial charge is 0.262 e. The molecule has 1 aromatic carbocycles. The zero-order valence-corrected chi connectivity index (χ0v) is 19.8. The second kappa shape index (κ2) is 10.1. The summed E-state index contributed by atoms with van der Waals surface area (Å²) in [6, 6.07) is 9.08. The third kappa shape index (κ3) is 5.01. The first-order valence-corrected chi connectivity index (χ1v) is 12.1. The molecule has 9 nitrogen and oxygen atoms in total. The molecule has 0 radical (unpaired) electrons. The molecule has 2 aromatic heterocycles. The zero-order chi connectivity index (χ0) is 24.4. The molecule has 0 aliphatic carbocycles. The molecule has 2 aliphatic rings. The molecule has 2 saturated heterocycles. The molecule has 1 atom stereocenters. The molecular weight excluding hydrogens is 446 g/mol. The van der Waals surface area contributed by atoms with Crippen molar-refractivity contribution in [2.24, 2.45) is 0 Å². The van der Waals surface area contributed by atoms with Gasteiger partial charge in [0.05, 0.1) is 24.1 Å². The van der Waals surface area contributed by atoms with Crippen LogP contribution in [-0.2, 0) is 33.7 Å². The minimum Gasteiger partial charge on any atom is -0.379 e. The number of aromatic nitrogens is 3. The lowest BCUT2D eigenvalue weighted by Crippen LogP contribution is -2.45. The Hall–Kier alpha value is -3.43. The van der Waals surface area contributed by atoms with Crippen LogP contribution in [0.1, 0.15) is 41.5 Å². The summed E-state index contributed by atoms with van der Waals surface area (Å²) in [7, 11) is 0. The van der Waals surface area contributed by atoms with Gasteiger partial charge in [-0.1, -0.05) is 18.2 Å². The third-order valence-electron chi connectivity index (χ3n) is 6.76. The number of carbonyl (C=O) groups excluding carboxylic acids is 2. The number of piperidine rings is 1. The second-order valence-corrected chi connectivity index (χ2v) is 9.16. The van der Waals surface area contributed by atoms with Gasteiger partial charge in [-0.05, 0) is 49.4 Å². The van der Waals surface area contributed by atoms with E-state index in [1.54, 1.807) is 6.92 Å². The van der Waals surface area contributed by atoms with E-state index in [1.807, 2.05) is 30.5 Å². The summed E-state index contributed by atoms with van der Waals surface area (Å²) in [4.78, 5) is 49.2. The lowest BCUT2D eigenvalue weighted by Gasteiger charge is -2.26. The number of fused-ring (bicyclic) bond motifs is 1. The second-order valence-electron chi connectivity index (χ2n) is 9.16. The van der Waals surface area contributed by atoms with Crippen molar-refractivity contribution < 1.29 is 14.3 Å². The van der Waals surface area contributed by atoms with Crippen LogP contribution >= 0.6 is 0 Å². The highest BCUT2D eigenvalue weighted by molar-refractivity contribution is 5.99. The van der Waals surface area contributed by atoms with Crippen molar-refractivity contribution in [3.05, 3.63) is 69.5 Å². The molecule has 0 bridgehead atoms. The van der Waals surface area contributed by atoms with Gasteiger partial charge in [-0.3, -0.25) is 34.2 Å². The Morgan fingerprint density at radius 3 is 2.66 bits per heavy atom. The summed E-state index contributed by atoms with van der Waals surface area (Å²) in [5.74, 6) is -0.298. The number of aryl methyl sites for hydroxylation is 3. The average Bonchev–Trinajstić information content (AvgIpc) is 2.85. The molecule has 2 amide bonds. The van der Waals surface area contributed by atoms with E-state index in [1.165, 1.54) is 10.1 Å². The highest BCUT2D eigenvalue weighted by atomic mass is 16.5. The van der Waals surface area contributed by atoms with Crippen molar-refractivity contribution >= 4 is 22.7 Å². The van der Waals surface area contributed by atoms with Crippen LogP contribution in [0, 0.1) is 6.92 Å². The van der Waals surface area contributed by atoms with Gasteiger partial charge in [0.1, 0.15) is 11.9 Å². The van der Waals surface area contributed by atoms with Gasteiger partial charge >= 0.3 is 0 Å². The van der Waals surface area contributed by atoms with Gasteiger partial charge in [0.15, 0.2) is 0 Å². The number of pyridine rings is 1. The Kier molecular flexibility index (Phi) is 6.70. The van der Waals surface area contributed by atoms with Crippen LogP contribution in [-0.4, -0.2) is 57.6 Å².